The highest BCUT2D eigenvalue weighted by molar-refractivity contribution is 5.57. The van der Waals surface area contributed by atoms with Gasteiger partial charge in [0.15, 0.2) is 12.0 Å². The summed E-state index contributed by atoms with van der Waals surface area (Å²) in [5.74, 6) is 0.591. The Morgan fingerprint density at radius 1 is 1.67 bits per heavy atom. The van der Waals surface area contributed by atoms with Gasteiger partial charge in [0.25, 0.3) is 0 Å². The average molecular weight is 167 g/mol. The van der Waals surface area contributed by atoms with Crippen LogP contribution in [0.5, 0.6) is 0 Å². The SMILES string of the molecule is Nc1cnn2c1N=NC2CCO. The molecule has 0 bridgehead atoms. The molecule has 0 fully saturated rings. The molecule has 0 radical (unpaired) electrons. The number of fused-ring (bicyclic) bond motifs is 1. The maximum Gasteiger partial charge on any atom is 0.198 e. The van der Waals surface area contributed by atoms with Crippen LogP contribution in [-0.2, 0) is 0 Å². The first-order valence-corrected chi connectivity index (χ1v) is 3.67. The van der Waals surface area contributed by atoms with Crippen LogP contribution in [0.1, 0.15) is 12.6 Å². The van der Waals surface area contributed by atoms with Crippen molar-refractivity contribution in [1.29, 1.82) is 0 Å². The molecule has 2 rings (SSSR count). The molecule has 6 nitrogen and oxygen atoms in total. The van der Waals surface area contributed by atoms with Gasteiger partial charge in [-0.1, -0.05) is 0 Å². The molecule has 0 amide bonds. The van der Waals surface area contributed by atoms with E-state index in [1.165, 1.54) is 6.20 Å². The van der Waals surface area contributed by atoms with Gasteiger partial charge >= 0.3 is 0 Å². The molecule has 1 aliphatic rings. The largest absolute Gasteiger partial charge is 0.396 e. The van der Waals surface area contributed by atoms with Crippen molar-refractivity contribution < 1.29 is 5.11 Å². The summed E-state index contributed by atoms with van der Waals surface area (Å²) >= 11 is 0. The van der Waals surface area contributed by atoms with E-state index in [0.29, 0.717) is 17.9 Å². The smallest absolute Gasteiger partial charge is 0.198 e. The lowest BCUT2D eigenvalue weighted by atomic mass is 10.4. The van der Waals surface area contributed by atoms with E-state index in [0.717, 1.165) is 0 Å². The highest BCUT2D eigenvalue weighted by Crippen LogP contribution is 2.33. The van der Waals surface area contributed by atoms with Crippen molar-refractivity contribution in [2.45, 2.75) is 12.6 Å². The maximum absolute atomic E-state index is 8.69. The third-order valence-corrected chi connectivity index (χ3v) is 1.75. The summed E-state index contributed by atoms with van der Waals surface area (Å²) in [6.07, 6.45) is 1.89. The van der Waals surface area contributed by atoms with E-state index in [9.17, 15) is 0 Å². The molecule has 0 saturated heterocycles. The van der Waals surface area contributed by atoms with Gasteiger partial charge in [0, 0.05) is 13.0 Å². The van der Waals surface area contributed by atoms with Crippen LogP contribution >= 0.6 is 0 Å². The molecule has 6 heteroatoms. The van der Waals surface area contributed by atoms with Gasteiger partial charge in [0.1, 0.15) is 0 Å². The first-order chi connectivity index (χ1) is 5.83. The summed E-state index contributed by atoms with van der Waals surface area (Å²) in [5.41, 5.74) is 6.08. The average Bonchev–Trinajstić information content (AvgIpc) is 2.58. The molecule has 0 aliphatic carbocycles. The number of nitrogen functional groups attached to an aromatic ring is 1. The third kappa shape index (κ3) is 0.884. The van der Waals surface area contributed by atoms with Gasteiger partial charge in [-0.05, 0) is 0 Å². The van der Waals surface area contributed by atoms with Crippen LogP contribution in [-0.4, -0.2) is 21.5 Å². The minimum atomic E-state index is -0.178. The predicted molar refractivity (Wildman–Crippen MR) is 41.9 cm³/mol. The topological polar surface area (TPSA) is 88.8 Å². The number of azo groups is 1. The number of hydrogen-bond donors (Lipinski definition) is 2. The minimum Gasteiger partial charge on any atom is -0.396 e. The number of aromatic nitrogens is 2. The number of nitrogens with two attached hydrogens (primary N) is 1. The van der Waals surface area contributed by atoms with E-state index in [4.69, 9.17) is 10.8 Å². The van der Waals surface area contributed by atoms with E-state index in [1.807, 2.05) is 0 Å². The number of nitrogens with zero attached hydrogens (tertiary/aromatic N) is 4. The van der Waals surface area contributed by atoms with Crippen molar-refractivity contribution in [1.82, 2.24) is 9.78 Å². The monoisotopic (exact) mass is 167 g/mol. The molecule has 2 heterocycles. The van der Waals surface area contributed by atoms with Crippen molar-refractivity contribution in [2.75, 3.05) is 12.3 Å². The standard InChI is InChI=1S/C6H9N5O/c7-4-3-8-11-5(1-2-12)9-10-6(4)11/h3,5,12H,1-2,7H2. The van der Waals surface area contributed by atoms with E-state index in [2.05, 4.69) is 15.3 Å². The molecule has 12 heavy (non-hydrogen) atoms. The van der Waals surface area contributed by atoms with Crippen LogP contribution in [0.15, 0.2) is 16.4 Å². The molecule has 0 spiro atoms. The van der Waals surface area contributed by atoms with Crippen molar-refractivity contribution in [3.63, 3.8) is 0 Å². The number of anilines is 1. The molecule has 1 aromatic heterocycles. The number of aliphatic hydroxyl groups excluding tert-OH is 1. The number of hydrogen-bond acceptors (Lipinski definition) is 5. The van der Waals surface area contributed by atoms with E-state index in [1.54, 1.807) is 4.68 Å². The highest BCUT2D eigenvalue weighted by Gasteiger charge is 2.21. The van der Waals surface area contributed by atoms with Crippen molar-refractivity contribution in [3.8, 4) is 0 Å². The fourth-order valence-corrected chi connectivity index (χ4v) is 1.16. The third-order valence-electron chi connectivity index (χ3n) is 1.75. The van der Waals surface area contributed by atoms with Gasteiger partial charge in [-0.25, -0.2) is 4.68 Å². The maximum atomic E-state index is 8.69. The highest BCUT2D eigenvalue weighted by atomic mass is 16.3. The molecule has 0 saturated carbocycles. The van der Waals surface area contributed by atoms with Crippen LogP contribution in [0.3, 0.4) is 0 Å². The Bertz CT molecular complexity index is 318. The van der Waals surface area contributed by atoms with Gasteiger partial charge < -0.3 is 10.8 Å². The molecule has 64 valence electrons. The molecule has 1 aliphatic heterocycles. The quantitative estimate of drug-likeness (QED) is 0.669. The number of rotatable bonds is 2. The second kappa shape index (κ2) is 2.56. The normalized spacial score (nSPS) is 19.9. The molecular weight excluding hydrogens is 158 g/mol. The Hall–Kier alpha value is -1.43. The van der Waals surface area contributed by atoms with Gasteiger partial charge in [-0.2, -0.15) is 10.2 Å². The molecule has 1 unspecified atom stereocenters. The van der Waals surface area contributed by atoms with Gasteiger partial charge in [0.2, 0.25) is 0 Å². The zero-order valence-corrected chi connectivity index (χ0v) is 6.38. The van der Waals surface area contributed by atoms with Gasteiger partial charge in [-0.15, -0.1) is 5.11 Å². The second-order valence-electron chi connectivity index (χ2n) is 2.58. The molecule has 1 aromatic rings. The van der Waals surface area contributed by atoms with Crippen molar-refractivity contribution >= 4 is 11.5 Å². The Morgan fingerprint density at radius 2 is 2.50 bits per heavy atom. The molecule has 0 aromatic carbocycles. The van der Waals surface area contributed by atoms with Crippen LogP contribution in [0.2, 0.25) is 0 Å². The fourth-order valence-electron chi connectivity index (χ4n) is 1.16. The van der Waals surface area contributed by atoms with Crippen LogP contribution in [0, 0.1) is 0 Å². The summed E-state index contributed by atoms with van der Waals surface area (Å²) in [5, 5.41) is 20.4. The van der Waals surface area contributed by atoms with Crippen molar-refractivity contribution in [3.05, 3.63) is 6.20 Å². The second-order valence-corrected chi connectivity index (χ2v) is 2.58. The first-order valence-electron chi connectivity index (χ1n) is 3.67. The van der Waals surface area contributed by atoms with Crippen molar-refractivity contribution in [2.24, 2.45) is 10.2 Å². The molecule has 3 N–H and O–H groups in total. The summed E-state index contributed by atoms with van der Waals surface area (Å²) < 4.78 is 1.62. The van der Waals surface area contributed by atoms with E-state index in [-0.39, 0.29) is 12.8 Å². The van der Waals surface area contributed by atoms with Gasteiger partial charge in [0.05, 0.1) is 11.9 Å². The molecule has 1 atom stereocenters. The summed E-state index contributed by atoms with van der Waals surface area (Å²) in [7, 11) is 0. The Morgan fingerprint density at radius 3 is 3.25 bits per heavy atom. The fraction of sp³-hybridized carbons (Fsp3) is 0.500. The lowest BCUT2D eigenvalue weighted by Crippen LogP contribution is -2.05. The zero-order valence-electron chi connectivity index (χ0n) is 6.38. The summed E-state index contributed by atoms with van der Waals surface area (Å²) in [6.45, 7) is 0.0723. The van der Waals surface area contributed by atoms with Crippen LogP contribution < -0.4 is 5.73 Å². The van der Waals surface area contributed by atoms with Crippen LogP contribution in [0.4, 0.5) is 11.5 Å². The lowest BCUT2D eigenvalue weighted by molar-refractivity contribution is 0.257. The Labute approximate surface area is 68.7 Å². The predicted octanol–water partition coefficient (Wildman–Crippen LogP) is 0.444. The first kappa shape index (κ1) is 7.23. The minimum absolute atomic E-state index is 0.0723. The van der Waals surface area contributed by atoms with E-state index < -0.39 is 0 Å². The summed E-state index contributed by atoms with van der Waals surface area (Å²) in [6, 6.07) is 0. The zero-order chi connectivity index (χ0) is 8.55. The van der Waals surface area contributed by atoms with Crippen LogP contribution in [0.25, 0.3) is 0 Å². The lowest BCUT2D eigenvalue weighted by Gasteiger charge is -2.03. The number of aliphatic hydroxyl groups is 1. The van der Waals surface area contributed by atoms with Gasteiger partial charge in [-0.3, -0.25) is 0 Å². The van der Waals surface area contributed by atoms with E-state index >= 15 is 0 Å². The Balaban J connectivity index is 2.31. The molecular formula is C6H9N5O. The summed E-state index contributed by atoms with van der Waals surface area (Å²) in [4.78, 5) is 0. The Kier molecular flexibility index (Phi) is 1.54.